The van der Waals surface area contributed by atoms with Gasteiger partial charge < -0.3 is 18.9 Å². The second-order valence-electron chi connectivity index (χ2n) is 7.35. The first kappa shape index (κ1) is 21.2. The van der Waals surface area contributed by atoms with Gasteiger partial charge in [0.2, 0.25) is 5.75 Å². The fraction of sp³-hybridized carbons (Fsp3) is 0.148. The maximum atomic E-state index is 13.2. The molecule has 0 spiro atoms. The van der Waals surface area contributed by atoms with Gasteiger partial charge in [-0.25, -0.2) is 0 Å². The molecule has 0 aliphatic carbocycles. The molecule has 0 aromatic heterocycles. The first-order valence-corrected chi connectivity index (χ1v) is 10.2. The van der Waals surface area contributed by atoms with Gasteiger partial charge in [-0.1, -0.05) is 48.0 Å². The van der Waals surface area contributed by atoms with Gasteiger partial charge in [-0.3, -0.25) is 4.79 Å². The number of aryl methyl sites for hydroxylation is 1. The first-order chi connectivity index (χ1) is 15.5. The maximum Gasteiger partial charge on any atom is 0.203 e. The van der Waals surface area contributed by atoms with E-state index in [0.717, 1.165) is 16.7 Å². The van der Waals surface area contributed by atoms with Crippen molar-refractivity contribution in [2.24, 2.45) is 0 Å². The number of hydrogen-bond acceptors (Lipinski definition) is 5. The zero-order valence-electron chi connectivity index (χ0n) is 18.5. The van der Waals surface area contributed by atoms with Crippen LogP contribution in [0.15, 0.2) is 72.8 Å². The fourth-order valence-electron chi connectivity index (χ4n) is 3.59. The summed E-state index contributed by atoms with van der Waals surface area (Å²) in [7, 11) is 4.57. The molecule has 0 N–H and O–H groups in total. The molecule has 1 aliphatic heterocycles. The van der Waals surface area contributed by atoms with E-state index in [0.29, 0.717) is 34.3 Å². The van der Waals surface area contributed by atoms with Gasteiger partial charge in [-0.15, -0.1) is 0 Å². The zero-order chi connectivity index (χ0) is 22.7. The van der Waals surface area contributed by atoms with Crippen molar-refractivity contribution in [1.82, 2.24) is 0 Å². The number of rotatable bonds is 6. The Balaban J connectivity index is 1.79. The Morgan fingerprint density at radius 1 is 0.875 bits per heavy atom. The lowest BCUT2D eigenvalue weighted by atomic mass is 9.96. The van der Waals surface area contributed by atoms with E-state index < -0.39 is 0 Å². The number of fused-ring (bicyclic) bond motifs is 1. The SMILES string of the molecule is COc1cc(C(=O)/C=C2/C=C(c3ccc(C)cc3)Oc3ccccc32)cc(OC)c1OC. The van der Waals surface area contributed by atoms with Crippen molar-refractivity contribution < 1.29 is 23.7 Å². The van der Waals surface area contributed by atoms with Crippen molar-refractivity contribution in [2.75, 3.05) is 21.3 Å². The molecule has 0 atom stereocenters. The summed E-state index contributed by atoms with van der Waals surface area (Å²) in [4.78, 5) is 13.2. The highest BCUT2D eigenvalue weighted by Gasteiger charge is 2.20. The largest absolute Gasteiger partial charge is 0.493 e. The van der Waals surface area contributed by atoms with E-state index >= 15 is 0 Å². The van der Waals surface area contributed by atoms with E-state index in [1.807, 2.05) is 61.5 Å². The minimum absolute atomic E-state index is 0.185. The molecule has 0 bridgehead atoms. The number of para-hydroxylation sites is 1. The van der Waals surface area contributed by atoms with Gasteiger partial charge in [-0.05, 0) is 42.8 Å². The van der Waals surface area contributed by atoms with Gasteiger partial charge in [0.1, 0.15) is 11.5 Å². The molecular formula is C27H24O5. The lowest BCUT2D eigenvalue weighted by Crippen LogP contribution is -2.06. The predicted octanol–water partition coefficient (Wildman–Crippen LogP) is 5.72. The highest BCUT2D eigenvalue weighted by atomic mass is 16.5. The Morgan fingerprint density at radius 3 is 2.16 bits per heavy atom. The molecule has 0 radical (unpaired) electrons. The quantitative estimate of drug-likeness (QED) is 0.371. The molecule has 0 fully saturated rings. The van der Waals surface area contributed by atoms with Crippen LogP contribution >= 0.6 is 0 Å². The topological polar surface area (TPSA) is 54.0 Å². The van der Waals surface area contributed by atoms with Gasteiger partial charge in [0.15, 0.2) is 17.3 Å². The van der Waals surface area contributed by atoms with E-state index in [4.69, 9.17) is 18.9 Å². The number of carbonyl (C=O) groups excluding carboxylic acids is 1. The molecule has 3 aromatic carbocycles. The van der Waals surface area contributed by atoms with E-state index in [1.165, 1.54) is 26.9 Å². The standard InChI is InChI=1S/C27H24O5/c1-17-9-11-18(12-10-17)24-14-19(21-7-5-6-8-23(21)32-24)13-22(28)20-15-25(29-2)27(31-4)26(16-20)30-3/h5-16H,1-4H3/b19-13-. The van der Waals surface area contributed by atoms with Crippen LogP contribution in [0.3, 0.4) is 0 Å². The second kappa shape index (κ2) is 9.02. The third-order valence-electron chi connectivity index (χ3n) is 5.28. The van der Waals surface area contributed by atoms with E-state index in [-0.39, 0.29) is 5.78 Å². The Bertz CT molecular complexity index is 1190. The number of benzene rings is 3. The Hall–Kier alpha value is -3.99. The molecule has 3 aromatic rings. The van der Waals surface area contributed by atoms with Crippen LogP contribution in [0.5, 0.6) is 23.0 Å². The van der Waals surface area contributed by atoms with Crippen molar-refractivity contribution in [3.63, 3.8) is 0 Å². The summed E-state index contributed by atoms with van der Waals surface area (Å²) in [6, 6.07) is 19.0. The van der Waals surface area contributed by atoms with Crippen molar-refractivity contribution in [3.05, 3.63) is 95.1 Å². The van der Waals surface area contributed by atoms with E-state index in [2.05, 4.69) is 0 Å². The summed E-state index contributed by atoms with van der Waals surface area (Å²) in [5.41, 5.74) is 4.15. The lowest BCUT2D eigenvalue weighted by molar-refractivity contribution is 0.104. The summed E-state index contributed by atoms with van der Waals surface area (Å²) in [5, 5.41) is 0. The van der Waals surface area contributed by atoms with Crippen molar-refractivity contribution >= 4 is 17.1 Å². The van der Waals surface area contributed by atoms with E-state index in [9.17, 15) is 4.79 Å². The molecule has 32 heavy (non-hydrogen) atoms. The third kappa shape index (κ3) is 4.10. The fourth-order valence-corrected chi connectivity index (χ4v) is 3.59. The van der Waals surface area contributed by atoms with E-state index in [1.54, 1.807) is 18.2 Å². The van der Waals surface area contributed by atoms with Gasteiger partial charge in [0, 0.05) is 16.7 Å². The summed E-state index contributed by atoms with van der Waals surface area (Å²) >= 11 is 0. The number of carbonyl (C=O) groups is 1. The van der Waals surface area contributed by atoms with Gasteiger partial charge in [-0.2, -0.15) is 0 Å². The average Bonchev–Trinajstić information content (AvgIpc) is 2.83. The first-order valence-electron chi connectivity index (χ1n) is 10.2. The molecule has 5 heteroatoms. The van der Waals surface area contributed by atoms with Crippen LogP contribution in [0.25, 0.3) is 11.3 Å². The Kier molecular flexibility index (Phi) is 5.99. The number of hydrogen-bond donors (Lipinski definition) is 0. The van der Waals surface area contributed by atoms with Crippen molar-refractivity contribution in [1.29, 1.82) is 0 Å². The lowest BCUT2D eigenvalue weighted by Gasteiger charge is -2.20. The molecule has 1 heterocycles. The molecule has 0 unspecified atom stereocenters. The molecule has 0 saturated carbocycles. The number of allylic oxidation sites excluding steroid dienone is 3. The zero-order valence-corrected chi connectivity index (χ0v) is 18.5. The van der Waals surface area contributed by atoms with Crippen LogP contribution < -0.4 is 18.9 Å². The normalized spacial score (nSPS) is 13.6. The van der Waals surface area contributed by atoms with Crippen molar-refractivity contribution in [2.45, 2.75) is 6.92 Å². The van der Waals surface area contributed by atoms with Gasteiger partial charge >= 0.3 is 0 Å². The summed E-state index contributed by atoms with van der Waals surface area (Å²) in [6.07, 6.45) is 3.50. The van der Waals surface area contributed by atoms with Crippen LogP contribution in [-0.2, 0) is 0 Å². The molecule has 0 amide bonds. The van der Waals surface area contributed by atoms with Crippen molar-refractivity contribution in [3.8, 4) is 23.0 Å². The highest BCUT2D eigenvalue weighted by molar-refractivity contribution is 6.11. The van der Waals surface area contributed by atoms with Crippen LogP contribution in [0, 0.1) is 6.92 Å². The van der Waals surface area contributed by atoms with Crippen LogP contribution in [0.4, 0.5) is 0 Å². The summed E-state index contributed by atoms with van der Waals surface area (Å²) < 4.78 is 22.3. The van der Waals surface area contributed by atoms with Gasteiger partial charge in [0.25, 0.3) is 0 Å². The monoisotopic (exact) mass is 428 g/mol. The summed E-state index contributed by atoms with van der Waals surface area (Å²) in [5.74, 6) is 2.50. The Morgan fingerprint density at radius 2 is 1.53 bits per heavy atom. The minimum Gasteiger partial charge on any atom is -0.493 e. The molecule has 162 valence electrons. The molecule has 0 saturated heterocycles. The van der Waals surface area contributed by atoms with Crippen LogP contribution in [-0.4, -0.2) is 27.1 Å². The minimum atomic E-state index is -0.185. The number of ether oxygens (including phenoxy) is 4. The van der Waals surface area contributed by atoms with Crippen LogP contribution in [0.2, 0.25) is 0 Å². The van der Waals surface area contributed by atoms with Crippen LogP contribution in [0.1, 0.15) is 27.0 Å². The predicted molar refractivity (Wildman–Crippen MR) is 125 cm³/mol. The molecule has 4 rings (SSSR count). The number of methoxy groups -OCH3 is 3. The average molecular weight is 428 g/mol. The van der Waals surface area contributed by atoms with Gasteiger partial charge in [0.05, 0.1) is 21.3 Å². The number of ketones is 1. The smallest absolute Gasteiger partial charge is 0.203 e. The highest BCUT2D eigenvalue weighted by Crippen LogP contribution is 2.40. The molecule has 5 nitrogen and oxygen atoms in total. The molecular weight excluding hydrogens is 404 g/mol. The third-order valence-corrected chi connectivity index (χ3v) is 5.28. The maximum absolute atomic E-state index is 13.2. The summed E-state index contributed by atoms with van der Waals surface area (Å²) in [6.45, 7) is 2.04. The second-order valence-corrected chi connectivity index (χ2v) is 7.35. The molecule has 1 aliphatic rings. The Labute approximate surface area is 187 Å².